The Morgan fingerprint density at radius 2 is 0.912 bits per heavy atom. The number of hydrogen-bond acceptors (Lipinski definition) is 3. The summed E-state index contributed by atoms with van der Waals surface area (Å²) < 4.78 is 5.15. The predicted molar refractivity (Wildman–Crippen MR) is 145 cm³/mol. The molecule has 34 heavy (non-hydrogen) atoms. The van der Waals surface area contributed by atoms with Crippen LogP contribution in [0.3, 0.4) is 0 Å². The van der Waals surface area contributed by atoms with Crippen molar-refractivity contribution < 1.29 is 14.3 Å². The van der Waals surface area contributed by atoms with E-state index in [0.29, 0.717) is 19.5 Å². The van der Waals surface area contributed by atoms with Gasteiger partial charge in [0.05, 0.1) is 0 Å². The molecular weight excluding hydrogens is 424 g/mol. The average Bonchev–Trinajstić information content (AvgIpc) is 2.77. The Kier molecular flexibility index (Phi) is 22.6. The fraction of sp³-hybridized carbons (Fsp3) is 0.931. The first kappa shape index (κ1) is 32.7. The highest BCUT2D eigenvalue weighted by Crippen LogP contribution is 2.14. The Hall–Kier alpha value is -1.26. The minimum atomic E-state index is -0.500. The van der Waals surface area contributed by atoms with Gasteiger partial charge in [0.15, 0.2) is 0 Å². The molecule has 202 valence electrons. The van der Waals surface area contributed by atoms with E-state index in [2.05, 4.69) is 17.6 Å². The van der Waals surface area contributed by atoms with Gasteiger partial charge in [-0.2, -0.15) is 0 Å². The lowest BCUT2D eigenvalue weighted by Gasteiger charge is -2.19. The van der Waals surface area contributed by atoms with Gasteiger partial charge in [0.1, 0.15) is 5.60 Å². The van der Waals surface area contributed by atoms with Gasteiger partial charge in [-0.3, -0.25) is 4.79 Å². The molecule has 0 aliphatic heterocycles. The molecule has 0 aliphatic rings. The zero-order valence-electron chi connectivity index (χ0n) is 23.3. The third-order valence-electron chi connectivity index (χ3n) is 6.12. The van der Waals surface area contributed by atoms with E-state index in [0.717, 1.165) is 12.8 Å². The highest BCUT2D eigenvalue weighted by molar-refractivity contribution is 5.75. The molecule has 5 heteroatoms. The van der Waals surface area contributed by atoms with Gasteiger partial charge >= 0.3 is 6.09 Å². The number of hydrogen-bond donors (Lipinski definition) is 2. The number of alkyl carbamates (subject to hydrolysis) is 1. The summed E-state index contributed by atoms with van der Waals surface area (Å²) in [6, 6.07) is 0. The summed E-state index contributed by atoms with van der Waals surface area (Å²) in [5, 5.41) is 5.50. The van der Waals surface area contributed by atoms with Crippen LogP contribution < -0.4 is 10.6 Å². The number of rotatable bonds is 23. The van der Waals surface area contributed by atoms with Crippen LogP contribution in [-0.2, 0) is 9.53 Å². The predicted octanol–water partition coefficient (Wildman–Crippen LogP) is 8.45. The van der Waals surface area contributed by atoms with Crippen molar-refractivity contribution in [3.05, 3.63) is 0 Å². The maximum absolute atomic E-state index is 11.8. The Labute approximate surface area is 211 Å². The topological polar surface area (TPSA) is 67.4 Å². The van der Waals surface area contributed by atoms with E-state index in [1.54, 1.807) is 0 Å². The third kappa shape index (κ3) is 27.0. The van der Waals surface area contributed by atoms with E-state index in [9.17, 15) is 9.59 Å². The first-order valence-electron chi connectivity index (χ1n) is 14.6. The summed E-state index contributed by atoms with van der Waals surface area (Å²) >= 11 is 0. The highest BCUT2D eigenvalue weighted by Gasteiger charge is 2.15. The smallest absolute Gasteiger partial charge is 0.407 e. The molecule has 2 amide bonds. The van der Waals surface area contributed by atoms with Crippen LogP contribution >= 0.6 is 0 Å². The van der Waals surface area contributed by atoms with Crippen LogP contribution in [-0.4, -0.2) is 30.7 Å². The van der Waals surface area contributed by atoms with Crippen LogP contribution in [0.25, 0.3) is 0 Å². The van der Waals surface area contributed by atoms with Crippen molar-refractivity contribution >= 4 is 12.0 Å². The summed E-state index contributed by atoms with van der Waals surface area (Å²) in [6.07, 6.45) is 25.9. The van der Waals surface area contributed by atoms with Crippen molar-refractivity contribution in [3.63, 3.8) is 0 Å². The molecule has 5 nitrogen and oxygen atoms in total. The summed E-state index contributed by atoms with van der Waals surface area (Å²) in [7, 11) is 0. The maximum atomic E-state index is 11.8. The van der Waals surface area contributed by atoms with Gasteiger partial charge in [0.2, 0.25) is 5.91 Å². The van der Waals surface area contributed by atoms with Gasteiger partial charge in [-0.25, -0.2) is 4.79 Å². The summed E-state index contributed by atoms with van der Waals surface area (Å²) in [4.78, 5) is 23.4. The number of ether oxygens (including phenoxy) is 1. The Bertz CT molecular complexity index is 474. The van der Waals surface area contributed by atoms with Crippen LogP contribution in [0.2, 0.25) is 0 Å². The van der Waals surface area contributed by atoms with Gasteiger partial charge < -0.3 is 15.4 Å². The van der Waals surface area contributed by atoms with Gasteiger partial charge in [0, 0.05) is 19.5 Å². The lowest BCUT2D eigenvalue weighted by molar-refractivity contribution is -0.121. The normalized spacial score (nSPS) is 11.4. The largest absolute Gasteiger partial charge is 0.444 e. The zero-order chi connectivity index (χ0) is 25.3. The van der Waals surface area contributed by atoms with E-state index < -0.39 is 11.7 Å². The molecule has 0 aromatic heterocycles. The number of carbonyl (C=O) groups is 2. The van der Waals surface area contributed by atoms with E-state index in [1.165, 1.54) is 109 Å². The van der Waals surface area contributed by atoms with Crippen LogP contribution in [0.5, 0.6) is 0 Å². The van der Waals surface area contributed by atoms with Gasteiger partial charge in [-0.1, -0.05) is 122 Å². The molecule has 0 aliphatic carbocycles. The second-order valence-electron chi connectivity index (χ2n) is 10.9. The molecule has 0 radical (unpaired) electrons. The van der Waals surface area contributed by atoms with Crippen molar-refractivity contribution in [3.8, 4) is 0 Å². The third-order valence-corrected chi connectivity index (χ3v) is 6.12. The van der Waals surface area contributed by atoms with Crippen LogP contribution in [0.4, 0.5) is 4.79 Å². The Balaban J connectivity index is 3.23. The standard InChI is InChI=1S/C29H58N2O3/c1-5-6-7-8-9-10-11-12-13-14-15-16-17-18-19-20-21-22-23-24-27(32)30-25-26-31-28(33)34-29(2,3)4/h5-26H2,1-4H3,(H,30,32)(H,31,33). The quantitative estimate of drug-likeness (QED) is 0.144. The molecule has 2 N–H and O–H groups in total. The fourth-order valence-electron chi connectivity index (χ4n) is 4.13. The Morgan fingerprint density at radius 1 is 0.559 bits per heavy atom. The van der Waals surface area contributed by atoms with Crippen molar-refractivity contribution in [1.29, 1.82) is 0 Å². The molecule has 0 saturated carbocycles. The first-order chi connectivity index (χ1) is 16.3. The SMILES string of the molecule is CCCCCCCCCCCCCCCCCCCCCC(=O)NCCNC(=O)OC(C)(C)C. The molecule has 0 fully saturated rings. The number of nitrogens with one attached hydrogen (secondary N) is 2. The molecule has 0 aromatic carbocycles. The minimum Gasteiger partial charge on any atom is -0.444 e. The Morgan fingerprint density at radius 3 is 1.29 bits per heavy atom. The van der Waals surface area contributed by atoms with Gasteiger partial charge in [-0.05, 0) is 27.2 Å². The molecule has 0 spiro atoms. The minimum absolute atomic E-state index is 0.0676. The second-order valence-corrected chi connectivity index (χ2v) is 10.9. The number of carbonyl (C=O) groups excluding carboxylic acids is 2. The molecule has 0 bridgehead atoms. The summed E-state index contributed by atoms with van der Waals surface area (Å²) in [5.41, 5.74) is -0.500. The van der Waals surface area contributed by atoms with Crippen molar-refractivity contribution in [2.24, 2.45) is 0 Å². The number of amides is 2. The lowest BCUT2D eigenvalue weighted by Crippen LogP contribution is -2.37. The molecular formula is C29H58N2O3. The second kappa shape index (κ2) is 23.5. The molecule has 0 heterocycles. The van der Waals surface area contributed by atoms with E-state index in [-0.39, 0.29) is 5.91 Å². The molecule has 0 rings (SSSR count). The van der Waals surface area contributed by atoms with E-state index in [4.69, 9.17) is 4.74 Å². The summed E-state index contributed by atoms with van der Waals surface area (Å²) in [5.74, 6) is 0.0676. The maximum Gasteiger partial charge on any atom is 0.407 e. The van der Waals surface area contributed by atoms with Gasteiger partial charge in [-0.15, -0.1) is 0 Å². The molecule has 0 aromatic rings. The van der Waals surface area contributed by atoms with Crippen molar-refractivity contribution in [1.82, 2.24) is 10.6 Å². The van der Waals surface area contributed by atoms with Crippen molar-refractivity contribution in [2.75, 3.05) is 13.1 Å². The molecule has 0 unspecified atom stereocenters. The van der Waals surface area contributed by atoms with Crippen LogP contribution in [0.15, 0.2) is 0 Å². The van der Waals surface area contributed by atoms with Crippen LogP contribution in [0.1, 0.15) is 156 Å². The fourth-order valence-corrected chi connectivity index (χ4v) is 4.13. The zero-order valence-corrected chi connectivity index (χ0v) is 23.3. The lowest BCUT2D eigenvalue weighted by atomic mass is 10.0. The van der Waals surface area contributed by atoms with Crippen LogP contribution in [0, 0.1) is 0 Å². The highest BCUT2D eigenvalue weighted by atomic mass is 16.6. The molecule has 0 saturated heterocycles. The van der Waals surface area contributed by atoms with E-state index >= 15 is 0 Å². The number of unbranched alkanes of at least 4 members (excludes halogenated alkanes) is 18. The van der Waals surface area contributed by atoms with Gasteiger partial charge in [0.25, 0.3) is 0 Å². The van der Waals surface area contributed by atoms with E-state index in [1.807, 2.05) is 20.8 Å². The first-order valence-corrected chi connectivity index (χ1v) is 14.6. The monoisotopic (exact) mass is 482 g/mol. The average molecular weight is 483 g/mol. The molecule has 0 atom stereocenters. The summed E-state index contributed by atoms with van der Waals surface area (Å²) in [6.45, 7) is 8.60. The van der Waals surface area contributed by atoms with Crippen molar-refractivity contribution in [2.45, 2.75) is 162 Å².